The summed E-state index contributed by atoms with van der Waals surface area (Å²) in [5.41, 5.74) is 2.63. The highest BCUT2D eigenvalue weighted by Crippen LogP contribution is 2.26. The van der Waals surface area contributed by atoms with Crippen molar-refractivity contribution in [1.82, 2.24) is 24.3 Å². The first kappa shape index (κ1) is 21.9. The molecule has 1 amide bonds. The Morgan fingerprint density at radius 2 is 1.82 bits per heavy atom. The molecule has 1 aromatic carbocycles. The lowest BCUT2D eigenvalue weighted by molar-refractivity contribution is -0.126. The minimum Gasteiger partial charge on any atom is -0.369 e. The highest BCUT2D eigenvalue weighted by atomic mass is 16.2. The Kier molecular flexibility index (Phi) is 5.67. The molecule has 2 fully saturated rings. The van der Waals surface area contributed by atoms with Crippen molar-refractivity contribution in [3.8, 4) is 12.3 Å². The Balaban J connectivity index is 1.45. The number of aromatic nitrogens is 3. The van der Waals surface area contributed by atoms with Gasteiger partial charge in [0, 0.05) is 75.4 Å². The second kappa shape index (κ2) is 8.80. The van der Waals surface area contributed by atoms with E-state index in [1.165, 1.54) is 11.8 Å². The molecule has 3 aromatic rings. The summed E-state index contributed by atoms with van der Waals surface area (Å²) in [7, 11) is 3.88. The molecule has 5 rings (SSSR count). The van der Waals surface area contributed by atoms with Crippen molar-refractivity contribution < 1.29 is 4.79 Å². The van der Waals surface area contributed by atoms with Crippen LogP contribution in [0, 0.1) is 12.3 Å². The topological polar surface area (TPSA) is 86.6 Å². The van der Waals surface area contributed by atoms with Crippen LogP contribution in [0.3, 0.4) is 0 Å². The van der Waals surface area contributed by atoms with Gasteiger partial charge in [-0.2, -0.15) is 4.98 Å². The molecule has 1 atom stereocenters. The van der Waals surface area contributed by atoms with Gasteiger partial charge in [-0.25, -0.2) is 4.98 Å². The van der Waals surface area contributed by atoms with E-state index in [1.807, 2.05) is 12.1 Å². The number of likely N-dealkylation sites (N-methyl/N-ethyl adjacent to an activating group) is 2. The van der Waals surface area contributed by atoms with Crippen LogP contribution >= 0.6 is 0 Å². The van der Waals surface area contributed by atoms with Crippen molar-refractivity contribution in [3.05, 3.63) is 52.4 Å². The summed E-state index contributed by atoms with van der Waals surface area (Å²) in [6.45, 7) is 4.56. The number of benzene rings is 1. The van der Waals surface area contributed by atoms with Crippen molar-refractivity contribution in [2.45, 2.75) is 12.5 Å². The number of rotatable bonds is 4. The van der Waals surface area contributed by atoms with Crippen LogP contribution in [0.25, 0.3) is 11.0 Å². The molecular formula is C25H27N7O2. The molecule has 9 heteroatoms. The summed E-state index contributed by atoms with van der Waals surface area (Å²) in [4.78, 5) is 40.5. The van der Waals surface area contributed by atoms with Crippen molar-refractivity contribution in [2.24, 2.45) is 0 Å². The fourth-order valence-electron chi connectivity index (χ4n) is 4.62. The Morgan fingerprint density at radius 3 is 2.47 bits per heavy atom. The lowest BCUT2D eigenvalue weighted by atomic mass is 10.1. The van der Waals surface area contributed by atoms with E-state index in [9.17, 15) is 9.59 Å². The van der Waals surface area contributed by atoms with Crippen LogP contribution in [0.1, 0.15) is 18.0 Å². The smallest absolute Gasteiger partial charge is 0.253 e. The molecule has 2 aliphatic rings. The van der Waals surface area contributed by atoms with E-state index in [0.29, 0.717) is 29.1 Å². The first-order valence-corrected chi connectivity index (χ1v) is 11.4. The van der Waals surface area contributed by atoms with Crippen molar-refractivity contribution in [3.63, 3.8) is 0 Å². The molecular weight excluding hydrogens is 430 g/mol. The summed E-state index contributed by atoms with van der Waals surface area (Å²) >= 11 is 0. The second-order valence-electron chi connectivity index (χ2n) is 8.94. The summed E-state index contributed by atoms with van der Waals surface area (Å²) in [6, 6.07) is 9.28. The number of carbonyl (C=O) groups excluding carboxylic acids is 1. The molecule has 2 aromatic heterocycles. The average molecular weight is 458 g/mol. The van der Waals surface area contributed by atoms with Gasteiger partial charge in [0.05, 0.1) is 11.4 Å². The van der Waals surface area contributed by atoms with E-state index >= 15 is 0 Å². The highest BCUT2D eigenvalue weighted by molar-refractivity contribution is 5.84. The number of nitrogens with zero attached hydrogens (tertiary/aromatic N) is 6. The summed E-state index contributed by atoms with van der Waals surface area (Å²) in [5, 5.41) is 3.84. The van der Waals surface area contributed by atoms with Gasteiger partial charge in [0.15, 0.2) is 0 Å². The lowest BCUT2D eigenvalue weighted by Crippen LogP contribution is -2.44. The fraction of sp³-hybridized carbons (Fsp3) is 0.360. The van der Waals surface area contributed by atoms with Crippen LogP contribution in [0.15, 0.2) is 41.3 Å². The minimum atomic E-state index is -0.301. The first-order chi connectivity index (χ1) is 16.4. The molecule has 9 nitrogen and oxygen atoms in total. The first-order valence-electron chi connectivity index (χ1n) is 11.4. The Morgan fingerprint density at radius 1 is 1.09 bits per heavy atom. The lowest BCUT2D eigenvalue weighted by Gasteiger charge is -2.34. The molecule has 2 saturated heterocycles. The van der Waals surface area contributed by atoms with Gasteiger partial charge < -0.3 is 20.0 Å². The van der Waals surface area contributed by atoms with Crippen LogP contribution in [-0.4, -0.2) is 77.1 Å². The number of pyridine rings is 1. The molecule has 174 valence electrons. The third kappa shape index (κ3) is 4.08. The fourth-order valence-corrected chi connectivity index (χ4v) is 4.62. The predicted molar refractivity (Wildman–Crippen MR) is 132 cm³/mol. The summed E-state index contributed by atoms with van der Waals surface area (Å²) < 4.78 is 1.57. The predicted octanol–water partition coefficient (Wildman–Crippen LogP) is 1.67. The number of likely N-dealkylation sites (tertiary alicyclic amines) is 1. The zero-order valence-corrected chi connectivity index (χ0v) is 19.4. The molecule has 34 heavy (non-hydrogen) atoms. The van der Waals surface area contributed by atoms with Crippen LogP contribution in [0.4, 0.5) is 17.3 Å². The third-order valence-electron chi connectivity index (χ3n) is 6.63. The van der Waals surface area contributed by atoms with Crippen LogP contribution in [0.5, 0.6) is 0 Å². The van der Waals surface area contributed by atoms with Gasteiger partial charge in [0.25, 0.3) is 5.56 Å². The number of anilines is 3. The Hall–Kier alpha value is -3.90. The third-order valence-corrected chi connectivity index (χ3v) is 6.63. The summed E-state index contributed by atoms with van der Waals surface area (Å²) in [5.74, 6) is 2.92. The normalized spacial score (nSPS) is 19.0. The van der Waals surface area contributed by atoms with Gasteiger partial charge in [0.1, 0.15) is 5.65 Å². The Labute approximate surface area is 198 Å². The number of piperazine rings is 1. The number of hydrogen-bond donors (Lipinski definition) is 1. The van der Waals surface area contributed by atoms with Gasteiger partial charge in [-0.05, 0) is 31.3 Å². The molecule has 0 spiro atoms. The van der Waals surface area contributed by atoms with Gasteiger partial charge in [-0.15, -0.1) is 6.42 Å². The van der Waals surface area contributed by atoms with Crippen molar-refractivity contribution in [1.29, 1.82) is 0 Å². The van der Waals surface area contributed by atoms with Crippen molar-refractivity contribution in [2.75, 3.05) is 57.0 Å². The van der Waals surface area contributed by atoms with Gasteiger partial charge in [0.2, 0.25) is 11.9 Å². The van der Waals surface area contributed by atoms with E-state index in [0.717, 1.165) is 31.9 Å². The molecule has 1 N–H and O–H groups in total. The monoisotopic (exact) mass is 457 g/mol. The Bertz CT molecular complexity index is 1330. The largest absolute Gasteiger partial charge is 0.369 e. The van der Waals surface area contributed by atoms with Gasteiger partial charge >= 0.3 is 0 Å². The number of terminal acetylenes is 1. The minimum absolute atomic E-state index is 0.000999. The molecule has 0 saturated carbocycles. The van der Waals surface area contributed by atoms with Gasteiger partial charge in [-0.3, -0.25) is 14.2 Å². The van der Waals surface area contributed by atoms with Crippen molar-refractivity contribution >= 4 is 34.3 Å². The standard InChI is InChI=1S/C25H27N7O2/c1-4-17-13-23(34)32(20-14-22(33)30(3)16-20)24-21(17)15-26-25(28-24)27-18-5-7-19(8-6-18)31-11-9-29(2)10-12-31/h1,5-8,13,15,20H,9-12,14,16H2,2-3H3,(H,26,27,28). The molecule has 4 heterocycles. The van der Waals surface area contributed by atoms with Crippen LogP contribution in [-0.2, 0) is 4.79 Å². The maximum Gasteiger partial charge on any atom is 0.253 e. The second-order valence-corrected chi connectivity index (χ2v) is 8.94. The highest BCUT2D eigenvalue weighted by Gasteiger charge is 2.30. The molecule has 0 aliphatic carbocycles. The average Bonchev–Trinajstić information content (AvgIpc) is 3.17. The van der Waals surface area contributed by atoms with E-state index in [4.69, 9.17) is 6.42 Å². The van der Waals surface area contributed by atoms with Crippen LogP contribution < -0.4 is 15.8 Å². The number of fused-ring (bicyclic) bond motifs is 1. The van der Waals surface area contributed by atoms with E-state index < -0.39 is 0 Å². The number of nitrogens with one attached hydrogen (secondary N) is 1. The number of carbonyl (C=O) groups is 1. The maximum atomic E-state index is 12.9. The molecule has 0 radical (unpaired) electrons. The van der Waals surface area contributed by atoms with E-state index in [1.54, 1.807) is 22.7 Å². The van der Waals surface area contributed by atoms with Gasteiger partial charge in [-0.1, -0.05) is 5.92 Å². The molecule has 2 aliphatic heterocycles. The number of hydrogen-bond acceptors (Lipinski definition) is 7. The van der Waals surface area contributed by atoms with Crippen LogP contribution in [0.2, 0.25) is 0 Å². The van der Waals surface area contributed by atoms with E-state index in [2.05, 4.69) is 50.2 Å². The zero-order chi connectivity index (χ0) is 23.8. The molecule has 0 bridgehead atoms. The SMILES string of the molecule is C#Cc1cc(=O)n(C2CC(=O)N(C)C2)c2nc(Nc3ccc(N4CCN(C)CC4)cc3)ncc12. The summed E-state index contributed by atoms with van der Waals surface area (Å²) in [6.07, 6.45) is 7.52. The maximum absolute atomic E-state index is 12.9. The quantitative estimate of drug-likeness (QED) is 0.597. The zero-order valence-electron chi connectivity index (χ0n) is 19.4. The molecule has 1 unspecified atom stereocenters. The van der Waals surface area contributed by atoms with E-state index in [-0.39, 0.29) is 23.9 Å². The number of amides is 1.